The van der Waals surface area contributed by atoms with E-state index in [9.17, 15) is 19.2 Å². The van der Waals surface area contributed by atoms with Crippen molar-refractivity contribution >= 4 is 35.1 Å². The second kappa shape index (κ2) is 9.91. The molecule has 3 aliphatic carbocycles. The van der Waals surface area contributed by atoms with Gasteiger partial charge in [0.2, 0.25) is 17.7 Å². The fourth-order valence-corrected chi connectivity index (χ4v) is 7.69. The summed E-state index contributed by atoms with van der Waals surface area (Å²) in [6.45, 7) is 0.194. The Hall–Kier alpha value is -5.24. The first-order valence-electron chi connectivity index (χ1n) is 14.8. The number of hydrogen-bond donors (Lipinski definition) is 0. The monoisotopic (exact) mass is 584 g/mol. The molecule has 8 heteroatoms. The number of benzene rings is 4. The van der Waals surface area contributed by atoms with Crippen molar-refractivity contribution in [3.63, 3.8) is 0 Å². The Morgan fingerprint density at radius 3 is 1.80 bits per heavy atom. The van der Waals surface area contributed by atoms with Crippen LogP contribution in [0.1, 0.15) is 40.5 Å². The lowest BCUT2D eigenvalue weighted by Crippen LogP contribution is -2.41. The molecule has 0 radical (unpaired) electrons. The molecule has 4 aromatic rings. The fraction of sp³-hybridized carbons (Fsp3) is 0.222. The number of ether oxygens (including phenoxy) is 2. The van der Waals surface area contributed by atoms with Crippen LogP contribution in [0.2, 0.25) is 0 Å². The maximum absolute atomic E-state index is 14.1. The first-order valence-corrected chi connectivity index (χ1v) is 14.8. The van der Waals surface area contributed by atoms with Crippen LogP contribution >= 0.6 is 0 Å². The number of nitrogens with zero attached hydrogens (tertiary/aromatic N) is 2. The molecule has 44 heavy (non-hydrogen) atoms. The molecule has 2 heterocycles. The molecule has 0 aromatic heterocycles. The van der Waals surface area contributed by atoms with E-state index in [1.807, 2.05) is 24.3 Å². The van der Waals surface area contributed by atoms with Gasteiger partial charge in [-0.2, -0.15) is 0 Å². The molecule has 3 amide bonds. The highest BCUT2D eigenvalue weighted by molar-refractivity contribution is 6.23. The van der Waals surface area contributed by atoms with Crippen molar-refractivity contribution in [3.05, 3.63) is 119 Å². The van der Waals surface area contributed by atoms with E-state index in [1.165, 1.54) is 4.90 Å². The van der Waals surface area contributed by atoms with Crippen molar-refractivity contribution in [2.45, 2.75) is 18.3 Å². The predicted octanol–water partition coefficient (Wildman–Crippen LogP) is 5.05. The van der Waals surface area contributed by atoms with Gasteiger partial charge in [-0.3, -0.25) is 19.2 Å². The number of carbonyl (C=O) groups is 4. The highest BCUT2D eigenvalue weighted by atomic mass is 16.5. The summed E-state index contributed by atoms with van der Waals surface area (Å²) in [5, 5.41) is 0. The average Bonchev–Trinajstić information content (AvgIpc) is 3.58. The Bertz CT molecular complexity index is 1750. The van der Waals surface area contributed by atoms with E-state index in [4.69, 9.17) is 9.47 Å². The van der Waals surface area contributed by atoms with Crippen molar-refractivity contribution in [3.8, 4) is 11.5 Å². The maximum Gasteiger partial charge on any atom is 0.316 e. The summed E-state index contributed by atoms with van der Waals surface area (Å²) in [5.41, 5.74) is 5.49. The molecule has 0 saturated carbocycles. The molecule has 4 aromatic carbocycles. The smallest absolute Gasteiger partial charge is 0.316 e. The van der Waals surface area contributed by atoms with E-state index in [1.54, 1.807) is 60.5 Å². The number of esters is 1. The summed E-state index contributed by atoms with van der Waals surface area (Å²) in [5.74, 6) is -2.35. The molecular weight excluding hydrogens is 556 g/mol. The third-order valence-electron chi connectivity index (χ3n) is 9.59. The van der Waals surface area contributed by atoms with E-state index in [0.29, 0.717) is 17.1 Å². The number of amides is 3. The minimum Gasteiger partial charge on any atom is -0.497 e. The molecule has 218 valence electrons. The zero-order valence-corrected chi connectivity index (χ0v) is 23.9. The number of anilines is 2. The van der Waals surface area contributed by atoms with Crippen LogP contribution in [0.15, 0.2) is 97.1 Å². The standard InChI is InChI=1S/C36H28N2O6/c1-43-23-15-13-21(14-16-23)37-19-20(17-29(37)39)36(42)44-24-8-6-7-22(18-24)38-34(40)32-30-25-9-2-3-10-26(25)31(33(32)35(38)41)28-12-5-4-11-27(28)30/h2-16,18,20,30-33H,17,19H2,1H3/t20-,30?,31?,32-,33+/m0/s1. The van der Waals surface area contributed by atoms with Crippen molar-refractivity contribution in [2.24, 2.45) is 17.8 Å². The number of rotatable bonds is 5. The molecule has 3 atom stereocenters. The minimum absolute atomic E-state index is 0.0287. The fourth-order valence-electron chi connectivity index (χ4n) is 7.69. The van der Waals surface area contributed by atoms with Crippen molar-refractivity contribution < 1.29 is 28.7 Å². The lowest BCUT2D eigenvalue weighted by atomic mass is 9.55. The number of imide groups is 1. The van der Waals surface area contributed by atoms with Gasteiger partial charge in [0.05, 0.1) is 30.6 Å². The summed E-state index contributed by atoms with van der Waals surface area (Å²) in [6.07, 6.45) is 0.0287. The van der Waals surface area contributed by atoms with Gasteiger partial charge in [-0.1, -0.05) is 54.6 Å². The summed E-state index contributed by atoms with van der Waals surface area (Å²) in [6, 6.07) is 29.9. The van der Waals surface area contributed by atoms with E-state index in [0.717, 1.165) is 22.3 Å². The third kappa shape index (κ3) is 3.83. The molecule has 0 unspecified atom stereocenters. The molecular formula is C36H28N2O6. The number of carbonyl (C=O) groups excluding carboxylic acids is 4. The van der Waals surface area contributed by atoms with E-state index < -0.39 is 23.7 Å². The van der Waals surface area contributed by atoms with Crippen molar-refractivity contribution in [1.82, 2.24) is 0 Å². The van der Waals surface area contributed by atoms with Crippen LogP contribution in [0, 0.1) is 17.8 Å². The first kappa shape index (κ1) is 26.4. The van der Waals surface area contributed by atoms with Crippen LogP contribution in [0.4, 0.5) is 11.4 Å². The Balaban J connectivity index is 1.04. The molecule has 2 saturated heterocycles. The predicted molar refractivity (Wildman–Crippen MR) is 162 cm³/mol. The summed E-state index contributed by atoms with van der Waals surface area (Å²) < 4.78 is 10.9. The largest absolute Gasteiger partial charge is 0.497 e. The van der Waals surface area contributed by atoms with E-state index in [-0.39, 0.29) is 48.3 Å². The van der Waals surface area contributed by atoms with Gasteiger partial charge in [-0.05, 0) is 58.7 Å². The first-order chi connectivity index (χ1) is 21.4. The van der Waals surface area contributed by atoms with Gasteiger partial charge in [0.15, 0.2) is 0 Å². The summed E-state index contributed by atoms with van der Waals surface area (Å²) >= 11 is 0. The van der Waals surface area contributed by atoms with Gasteiger partial charge < -0.3 is 14.4 Å². The summed E-state index contributed by atoms with van der Waals surface area (Å²) in [7, 11) is 1.57. The van der Waals surface area contributed by atoms with Gasteiger partial charge in [0, 0.05) is 36.6 Å². The van der Waals surface area contributed by atoms with Crippen LogP contribution < -0.4 is 19.3 Å². The normalized spacial score (nSPS) is 24.7. The van der Waals surface area contributed by atoms with Gasteiger partial charge in [-0.15, -0.1) is 0 Å². The third-order valence-corrected chi connectivity index (χ3v) is 9.59. The Morgan fingerprint density at radius 2 is 1.25 bits per heavy atom. The van der Waals surface area contributed by atoms with Gasteiger partial charge in [0.1, 0.15) is 11.5 Å². The Kier molecular flexibility index (Phi) is 5.94. The van der Waals surface area contributed by atoms with Crippen molar-refractivity contribution in [1.29, 1.82) is 0 Å². The topological polar surface area (TPSA) is 93.2 Å². The van der Waals surface area contributed by atoms with E-state index >= 15 is 0 Å². The number of hydrogen-bond acceptors (Lipinski definition) is 6. The Morgan fingerprint density at radius 1 is 0.682 bits per heavy atom. The summed E-state index contributed by atoms with van der Waals surface area (Å²) in [4.78, 5) is 57.0. The average molecular weight is 585 g/mol. The molecule has 2 fully saturated rings. The van der Waals surface area contributed by atoms with Crippen molar-refractivity contribution in [2.75, 3.05) is 23.5 Å². The van der Waals surface area contributed by atoms with Crippen LogP contribution in [0.5, 0.6) is 11.5 Å². The lowest BCUT2D eigenvalue weighted by Gasteiger charge is -2.45. The molecule has 5 aliphatic rings. The zero-order valence-electron chi connectivity index (χ0n) is 23.9. The van der Waals surface area contributed by atoms with Crippen LogP contribution in [0.25, 0.3) is 0 Å². The van der Waals surface area contributed by atoms with Gasteiger partial charge in [-0.25, -0.2) is 4.90 Å². The second-order valence-corrected chi connectivity index (χ2v) is 11.8. The maximum atomic E-state index is 14.1. The van der Waals surface area contributed by atoms with E-state index in [2.05, 4.69) is 24.3 Å². The van der Waals surface area contributed by atoms with Crippen LogP contribution in [-0.2, 0) is 19.2 Å². The zero-order chi connectivity index (χ0) is 30.1. The second-order valence-electron chi connectivity index (χ2n) is 11.8. The SMILES string of the molecule is COc1ccc(N2C[C@@H](C(=O)Oc3cccc(N4C(=O)[C@@H]5C6c7ccccc7C(c7ccccc76)[C@@H]5C4=O)c3)CC2=O)cc1. The molecule has 2 bridgehead atoms. The van der Waals surface area contributed by atoms with Gasteiger partial charge >= 0.3 is 5.97 Å². The molecule has 9 rings (SSSR count). The molecule has 2 aliphatic heterocycles. The lowest BCUT2D eigenvalue weighted by molar-refractivity contribution is -0.139. The van der Waals surface area contributed by atoms with Crippen LogP contribution in [0.3, 0.4) is 0 Å². The Labute approximate surface area is 253 Å². The van der Waals surface area contributed by atoms with Crippen LogP contribution in [-0.4, -0.2) is 37.3 Å². The quantitative estimate of drug-likeness (QED) is 0.185. The highest BCUT2D eigenvalue weighted by Gasteiger charge is 2.61. The minimum atomic E-state index is -0.654. The highest BCUT2D eigenvalue weighted by Crippen LogP contribution is 2.61. The molecule has 0 spiro atoms. The molecule has 8 nitrogen and oxygen atoms in total. The van der Waals surface area contributed by atoms with Gasteiger partial charge in [0.25, 0.3) is 0 Å². The number of methoxy groups -OCH3 is 1. The molecule has 0 N–H and O–H groups in total.